The molecule has 0 bridgehead atoms. The van der Waals surface area contributed by atoms with Crippen molar-refractivity contribution in [2.45, 2.75) is 12.7 Å². The SMILES string of the molecule is CNC(=O)C1=C(OCc2ccccc2)C(O)C=CN1N. The number of benzene rings is 1. The van der Waals surface area contributed by atoms with Crippen molar-refractivity contribution in [2.24, 2.45) is 5.84 Å². The van der Waals surface area contributed by atoms with Gasteiger partial charge in [0.05, 0.1) is 0 Å². The number of hydrazine groups is 1. The highest BCUT2D eigenvalue weighted by molar-refractivity contribution is 5.93. The van der Waals surface area contributed by atoms with Gasteiger partial charge in [-0.1, -0.05) is 30.3 Å². The Bertz CT molecular complexity index is 540. The van der Waals surface area contributed by atoms with Crippen molar-refractivity contribution in [1.29, 1.82) is 0 Å². The number of amides is 1. The van der Waals surface area contributed by atoms with Gasteiger partial charge in [-0.05, 0) is 11.6 Å². The largest absolute Gasteiger partial charge is 0.488 e. The van der Waals surface area contributed by atoms with Crippen LogP contribution in [0.1, 0.15) is 5.56 Å². The van der Waals surface area contributed by atoms with Gasteiger partial charge >= 0.3 is 0 Å². The molecule has 1 aromatic rings. The molecule has 0 fully saturated rings. The number of nitrogens with zero attached hydrogens (tertiary/aromatic N) is 1. The van der Waals surface area contributed by atoms with Crippen LogP contribution < -0.4 is 11.2 Å². The normalized spacial score (nSPS) is 18.1. The summed E-state index contributed by atoms with van der Waals surface area (Å²) in [5.41, 5.74) is 1.03. The highest BCUT2D eigenvalue weighted by atomic mass is 16.5. The molecule has 0 radical (unpaired) electrons. The number of likely N-dealkylation sites (N-methyl/N-ethyl adjacent to an activating group) is 1. The molecule has 2 rings (SSSR count). The first-order valence-corrected chi connectivity index (χ1v) is 6.16. The molecule has 0 saturated heterocycles. The van der Waals surface area contributed by atoms with Crippen molar-refractivity contribution in [3.05, 3.63) is 59.6 Å². The molecular weight excluding hydrogens is 258 g/mol. The van der Waals surface area contributed by atoms with Crippen molar-refractivity contribution in [3.8, 4) is 0 Å². The molecule has 0 aliphatic carbocycles. The maximum atomic E-state index is 11.8. The third kappa shape index (κ3) is 2.98. The fraction of sp³-hybridized carbons (Fsp3) is 0.214. The molecule has 0 aromatic heterocycles. The number of nitrogens with two attached hydrogens (primary N) is 1. The second-order valence-corrected chi connectivity index (χ2v) is 4.26. The van der Waals surface area contributed by atoms with E-state index in [9.17, 15) is 9.90 Å². The second kappa shape index (κ2) is 6.23. The molecule has 1 aliphatic rings. The number of nitrogens with one attached hydrogen (secondary N) is 1. The zero-order valence-corrected chi connectivity index (χ0v) is 11.1. The molecular formula is C14H17N3O3. The second-order valence-electron chi connectivity index (χ2n) is 4.26. The molecule has 20 heavy (non-hydrogen) atoms. The van der Waals surface area contributed by atoms with E-state index < -0.39 is 12.0 Å². The number of rotatable bonds is 4. The molecule has 1 atom stereocenters. The average Bonchev–Trinajstić information content (AvgIpc) is 2.48. The standard InChI is InChI=1S/C14H17N3O3/c1-16-14(19)12-13(11(18)7-8-17(12)15)20-9-10-5-3-2-4-6-10/h2-8,11,18H,9,15H2,1H3,(H,16,19). The van der Waals surface area contributed by atoms with Gasteiger partial charge in [-0.2, -0.15) is 0 Å². The minimum Gasteiger partial charge on any atom is -0.488 e. The summed E-state index contributed by atoms with van der Waals surface area (Å²) in [5, 5.41) is 13.5. The topological polar surface area (TPSA) is 87.8 Å². The molecule has 1 unspecified atom stereocenters. The van der Waals surface area contributed by atoms with Crippen molar-refractivity contribution < 1.29 is 14.6 Å². The number of hydrogen-bond acceptors (Lipinski definition) is 5. The van der Waals surface area contributed by atoms with E-state index in [1.165, 1.54) is 19.3 Å². The first-order chi connectivity index (χ1) is 9.63. The summed E-state index contributed by atoms with van der Waals surface area (Å²) >= 11 is 0. The van der Waals surface area contributed by atoms with E-state index in [4.69, 9.17) is 10.6 Å². The van der Waals surface area contributed by atoms with Crippen molar-refractivity contribution in [1.82, 2.24) is 10.3 Å². The summed E-state index contributed by atoms with van der Waals surface area (Å²) < 4.78 is 5.58. The Morgan fingerprint density at radius 1 is 1.45 bits per heavy atom. The van der Waals surface area contributed by atoms with Gasteiger partial charge in [0.2, 0.25) is 0 Å². The Morgan fingerprint density at radius 3 is 2.80 bits per heavy atom. The lowest BCUT2D eigenvalue weighted by atomic mass is 10.1. The maximum absolute atomic E-state index is 11.8. The molecule has 1 amide bonds. The summed E-state index contributed by atoms with van der Waals surface area (Å²) in [5.74, 6) is 5.43. The first-order valence-electron chi connectivity index (χ1n) is 6.16. The summed E-state index contributed by atoms with van der Waals surface area (Å²) in [6.07, 6.45) is 1.88. The predicted molar refractivity (Wildman–Crippen MR) is 73.5 cm³/mol. The van der Waals surface area contributed by atoms with Crippen molar-refractivity contribution in [3.63, 3.8) is 0 Å². The van der Waals surface area contributed by atoms with E-state index in [-0.39, 0.29) is 18.1 Å². The lowest BCUT2D eigenvalue weighted by Gasteiger charge is -2.26. The van der Waals surface area contributed by atoms with Gasteiger partial charge in [-0.25, -0.2) is 5.84 Å². The molecule has 0 saturated carbocycles. The van der Waals surface area contributed by atoms with Gasteiger partial charge in [0.1, 0.15) is 12.7 Å². The summed E-state index contributed by atoms with van der Waals surface area (Å²) in [6.45, 7) is 0.245. The number of aliphatic hydroxyl groups excluding tert-OH is 1. The van der Waals surface area contributed by atoms with Crippen LogP contribution in [0.3, 0.4) is 0 Å². The number of carbonyl (C=O) groups excluding carboxylic acids is 1. The zero-order chi connectivity index (χ0) is 14.5. The zero-order valence-electron chi connectivity index (χ0n) is 11.1. The maximum Gasteiger partial charge on any atom is 0.272 e. The minimum absolute atomic E-state index is 0.0958. The minimum atomic E-state index is -0.995. The average molecular weight is 275 g/mol. The Kier molecular flexibility index (Phi) is 4.39. The third-order valence-corrected chi connectivity index (χ3v) is 2.87. The molecule has 0 spiro atoms. The Morgan fingerprint density at radius 2 is 2.15 bits per heavy atom. The van der Waals surface area contributed by atoms with Gasteiger partial charge in [0.15, 0.2) is 11.5 Å². The van der Waals surface area contributed by atoms with Crippen LogP contribution in [0.2, 0.25) is 0 Å². The van der Waals surface area contributed by atoms with Crippen LogP contribution in [0, 0.1) is 0 Å². The first kappa shape index (κ1) is 14.1. The van der Waals surface area contributed by atoms with Crippen LogP contribution in [0.15, 0.2) is 54.1 Å². The Hall–Kier alpha value is -2.31. The van der Waals surface area contributed by atoms with E-state index in [0.29, 0.717) is 0 Å². The summed E-state index contributed by atoms with van der Waals surface area (Å²) in [7, 11) is 1.49. The van der Waals surface area contributed by atoms with Crippen LogP contribution in [-0.4, -0.2) is 29.2 Å². The van der Waals surface area contributed by atoms with Gasteiger partial charge in [-0.3, -0.25) is 9.80 Å². The van der Waals surface area contributed by atoms with Crippen molar-refractivity contribution in [2.75, 3.05) is 7.05 Å². The lowest BCUT2D eigenvalue weighted by Crippen LogP contribution is -2.40. The smallest absolute Gasteiger partial charge is 0.272 e. The fourth-order valence-corrected chi connectivity index (χ4v) is 1.84. The number of carbonyl (C=O) groups is 1. The van der Waals surface area contributed by atoms with E-state index in [0.717, 1.165) is 10.6 Å². The Balaban J connectivity index is 2.21. The summed E-state index contributed by atoms with van der Waals surface area (Å²) in [4.78, 5) is 11.8. The lowest BCUT2D eigenvalue weighted by molar-refractivity contribution is -0.119. The third-order valence-electron chi connectivity index (χ3n) is 2.87. The van der Waals surface area contributed by atoms with E-state index in [1.54, 1.807) is 0 Å². The van der Waals surface area contributed by atoms with E-state index in [1.807, 2.05) is 30.3 Å². The number of aliphatic hydroxyl groups is 1. The van der Waals surface area contributed by atoms with Crippen molar-refractivity contribution >= 4 is 5.91 Å². The van der Waals surface area contributed by atoms with E-state index >= 15 is 0 Å². The molecule has 1 heterocycles. The molecule has 106 valence electrons. The van der Waals surface area contributed by atoms with Crippen LogP contribution >= 0.6 is 0 Å². The van der Waals surface area contributed by atoms with Crippen LogP contribution in [0.5, 0.6) is 0 Å². The number of hydrogen-bond donors (Lipinski definition) is 3. The van der Waals surface area contributed by atoms with Gasteiger partial charge in [0.25, 0.3) is 5.91 Å². The van der Waals surface area contributed by atoms with Gasteiger partial charge in [-0.15, -0.1) is 0 Å². The quantitative estimate of drug-likeness (QED) is 0.684. The molecule has 1 aromatic carbocycles. The van der Waals surface area contributed by atoms with Crippen LogP contribution in [0.4, 0.5) is 0 Å². The Labute approximate surface area is 117 Å². The molecule has 4 N–H and O–H groups in total. The van der Waals surface area contributed by atoms with Gasteiger partial charge in [0, 0.05) is 13.2 Å². The number of ether oxygens (including phenoxy) is 1. The summed E-state index contributed by atoms with van der Waals surface area (Å²) in [6, 6.07) is 9.47. The fourth-order valence-electron chi connectivity index (χ4n) is 1.84. The molecule has 6 nitrogen and oxygen atoms in total. The highest BCUT2D eigenvalue weighted by Crippen LogP contribution is 2.21. The van der Waals surface area contributed by atoms with Crippen LogP contribution in [-0.2, 0) is 16.1 Å². The molecule has 6 heteroatoms. The van der Waals surface area contributed by atoms with Gasteiger partial charge < -0.3 is 15.2 Å². The monoisotopic (exact) mass is 275 g/mol. The van der Waals surface area contributed by atoms with E-state index in [2.05, 4.69) is 5.32 Å². The van der Waals surface area contributed by atoms with Crippen LogP contribution in [0.25, 0.3) is 0 Å². The highest BCUT2D eigenvalue weighted by Gasteiger charge is 2.27. The predicted octanol–water partition coefficient (Wildman–Crippen LogP) is 0.225. The molecule has 1 aliphatic heterocycles.